The minimum atomic E-state index is -0.153. The van der Waals surface area contributed by atoms with Gasteiger partial charge >= 0.3 is 0 Å². The Labute approximate surface area is 156 Å². The molecular formula is C18H22N4O3S. The molecule has 1 aliphatic rings. The van der Waals surface area contributed by atoms with Gasteiger partial charge in [0, 0.05) is 17.9 Å². The third-order valence-electron chi connectivity index (χ3n) is 4.20. The molecule has 1 aromatic carbocycles. The zero-order valence-electron chi connectivity index (χ0n) is 14.9. The number of ether oxygens (including phenoxy) is 1. The van der Waals surface area contributed by atoms with Crippen LogP contribution in [0.25, 0.3) is 0 Å². The van der Waals surface area contributed by atoms with E-state index < -0.39 is 0 Å². The molecule has 7 nitrogen and oxygen atoms in total. The lowest BCUT2D eigenvalue weighted by Crippen LogP contribution is -2.18. The van der Waals surface area contributed by atoms with Crippen LogP contribution in [0.2, 0.25) is 0 Å². The van der Waals surface area contributed by atoms with E-state index in [9.17, 15) is 9.59 Å². The van der Waals surface area contributed by atoms with Crippen molar-refractivity contribution in [3.05, 3.63) is 35.7 Å². The van der Waals surface area contributed by atoms with Crippen LogP contribution in [0.3, 0.4) is 0 Å². The fourth-order valence-electron chi connectivity index (χ4n) is 2.81. The van der Waals surface area contributed by atoms with Gasteiger partial charge in [0.05, 0.1) is 18.4 Å². The molecule has 0 radical (unpaired) electrons. The smallest absolute Gasteiger partial charge is 0.234 e. The molecule has 1 fully saturated rings. The summed E-state index contributed by atoms with van der Waals surface area (Å²) < 4.78 is 7.68. The van der Waals surface area contributed by atoms with Gasteiger partial charge in [-0.1, -0.05) is 23.9 Å². The van der Waals surface area contributed by atoms with Gasteiger partial charge in [-0.3, -0.25) is 9.59 Å². The third kappa shape index (κ3) is 4.70. The number of carbonyl (C=O) groups is 2. The number of hydrogen-bond acceptors (Lipinski definition) is 6. The molecule has 2 heterocycles. The summed E-state index contributed by atoms with van der Waals surface area (Å²) in [7, 11) is 0. The normalized spacial score (nSPS) is 16.6. The van der Waals surface area contributed by atoms with E-state index in [0.717, 1.165) is 25.3 Å². The summed E-state index contributed by atoms with van der Waals surface area (Å²) in [5.74, 6) is 0.847. The average Bonchev–Trinajstić information content (AvgIpc) is 3.25. The predicted octanol–water partition coefficient (Wildman–Crippen LogP) is 2.70. The second-order valence-electron chi connectivity index (χ2n) is 6.25. The summed E-state index contributed by atoms with van der Waals surface area (Å²) in [5, 5.41) is 11.8. The Morgan fingerprint density at radius 2 is 2.23 bits per heavy atom. The second kappa shape index (κ2) is 8.46. The van der Waals surface area contributed by atoms with Crippen molar-refractivity contribution in [2.24, 2.45) is 0 Å². The number of carbonyl (C=O) groups excluding carboxylic acids is 2. The van der Waals surface area contributed by atoms with Crippen LogP contribution in [0.5, 0.6) is 0 Å². The van der Waals surface area contributed by atoms with Crippen LogP contribution in [0, 0.1) is 6.92 Å². The largest absolute Gasteiger partial charge is 0.376 e. The number of rotatable bonds is 7. The molecule has 3 rings (SSSR count). The fourth-order valence-corrected chi connectivity index (χ4v) is 3.61. The van der Waals surface area contributed by atoms with Crippen LogP contribution in [0.1, 0.15) is 35.9 Å². The molecule has 0 spiro atoms. The SMILES string of the molecule is CC(=O)c1cccc(NC(=O)CSc2nnc(C)n2C[C@@H]2CCCO2)c1. The van der Waals surface area contributed by atoms with Crippen molar-refractivity contribution >= 4 is 29.1 Å². The Morgan fingerprint density at radius 1 is 1.38 bits per heavy atom. The zero-order valence-corrected chi connectivity index (χ0v) is 15.7. The molecule has 2 aromatic rings. The van der Waals surface area contributed by atoms with Gasteiger partial charge in [0.1, 0.15) is 5.82 Å². The molecule has 0 unspecified atom stereocenters. The monoisotopic (exact) mass is 374 g/mol. The number of amides is 1. The highest BCUT2D eigenvalue weighted by atomic mass is 32.2. The number of aryl methyl sites for hydroxylation is 1. The number of anilines is 1. The summed E-state index contributed by atoms with van der Waals surface area (Å²) in [6.45, 7) is 4.92. The molecule has 8 heteroatoms. The third-order valence-corrected chi connectivity index (χ3v) is 5.16. The molecule has 0 bridgehead atoms. The number of ketones is 1. The summed E-state index contributed by atoms with van der Waals surface area (Å²) >= 11 is 1.34. The van der Waals surface area contributed by atoms with E-state index in [1.165, 1.54) is 18.7 Å². The molecular weight excluding hydrogens is 352 g/mol. The lowest BCUT2D eigenvalue weighted by Gasteiger charge is -2.13. The number of nitrogens with zero attached hydrogens (tertiary/aromatic N) is 3. The Balaban J connectivity index is 1.58. The molecule has 1 aliphatic heterocycles. The Bertz CT molecular complexity index is 799. The van der Waals surface area contributed by atoms with E-state index in [0.29, 0.717) is 23.0 Å². The summed E-state index contributed by atoms with van der Waals surface area (Å²) in [5.41, 5.74) is 1.18. The van der Waals surface area contributed by atoms with Gasteiger partial charge < -0.3 is 14.6 Å². The number of benzene rings is 1. The number of thioether (sulfide) groups is 1. The predicted molar refractivity (Wildman–Crippen MR) is 99.5 cm³/mol. The van der Waals surface area contributed by atoms with E-state index in [1.807, 2.05) is 11.5 Å². The molecule has 138 valence electrons. The van der Waals surface area contributed by atoms with Crippen molar-refractivity contribution < 1.29 is 14.3 Å². The van der Waals surface area contributed by atoms with Gasteiger partial charge in [0.2, 0.25) is 5.91 Å². The first-order valence-corrected chi connectivity index (χ1v) is 9.56. The number of nitrogens with one attached hydrogen (secondary N) is 1. The highest BCUT2D eigenvalue weighted by Gasteiger charge is 2.20. The Morgan fingerprint density at radius 3 is 2.96 bits per heavy atom. The van der Waals surface area contributed by atoms with Crippen molar-refractivity contribution in [3.63, 3.8) is 0 Å². The van der Waals surface area contributed by atoms with E-state index in [1.54, 1.807) is 24.3 Å². The van der Waals surface area contributed by atoms with Crippen LogP contribution >= 0.6 is 11.8 Å². The van der Waals surface area contributed by atoms with Gasteiger partial charge in [-0.15, -0.1) is 10.2 Å². The molecule has 1 amide bonds. The highest BCUT2D eigenvalue weighted by molar-refractivity contribution is 7.99. The zero-order chi connectivity index (χ0) is 18.5. The topological polar surface area (TPSA) is 86.1 Å². The van der Waals surface area contributed by atoms with E-state index >= 15 is 0 Å². The van der Waals surface area contributed by atoms with E-state index in [2.05, 4.69) is 15.5 Å². The van der Waals surface area contributed by atoms with Gasteiger partial charge in [-0.05, 0) is 38.8 Å². The number of aromatic nitrogens is 3. The van der Waals surface area contributed by atoms with Crippen LogP contribution in [0.15, 0.2) is 29.4 Å². The van der Waals surface area contributed by atoms with Crippen LogP contribution in [0.4, 0.5) is 5.69 Å². The van der Waals surface area contributed by atoms with Crippen LogP contribution < -0.4 is 5.32 Å². The molecule has 26 heavy (non-hydrogen) atoms. The van der Waals surface area contributed by atoms with Crippen molar-refractivity contribution in [1.29, 1.82) is 0 Å². The molecule has 0 saturated carbocycles. The van der Waals surface area contributed by atoms with Gasteiger partial charge in [-0.2, -0.15) is 0 Å². The Kier molecular flexibility index (Phi) is 6.05. The molecule has 1 N–H and O–H groups in total. The van der Waals surface area contributed by atoms with Crippen LogP contribution in [-0.2, 0) is 16.1 Å². The number of hydrogen-bond donors (Lipinski definition) is 1. The van der Waals surface area contributed by atoms with E-state index in [-0.39, 0.29) is 23.5 Å². The second-order valence-corrected chi connectivity index (χ2v) is 7.19. The van der Waals surface area contributed by atoms with E-state index in [4.69, 9.17) is 4.74 Å². The highest BCUT2D eigenvalue weighted by Crippen LogP contribution is 2.21. The van der Waals surface area contributed by atoms with Gasteiger partial charge in [0.25, 0.3) is 0 Å². The first-order valence-electron chi connectivity index (χ1n) is 8.58. The minimum Gasteiger partial charge on any atom is -0.376 e. The summed E-state index contributed by atoms with van der Waals surface area (Å²) in [6, 6.07) is 6.91. The molecule has 1 aromatic heterocycles. The van der Waals surface area contributed by atoms with Crippen molar-refractivity contribution in [2.45, 2.75) is 44.5 Å². The number of Topliss-reactive ketones (excluding diaryl/α,β-unsaturated/α-hetero) is 1. The van der Waals surface area contributed by atoms with Crippen molar-refractivity contribution in [1.82, 2.24) is 14.8 Å². The summed E-state index contributed by atoms with van der Waals surface area (Å²) in [6.07, 6.45) is 2.30. The summed E-state index contributed by atoms with van der Waals surface area (Å²) in [4.78, 5) is 23.7. The van der Waals surface area contributed by atoms with Gasteiger partial charge in [0.15, 0.2) is 10.9 Å². The van der Waals surface area contributed by atoms with Gasteiger partial charge in [-0.25, -0.2) is 0 Å². The standard InChI is InChI=1S/C18H22N4O3S/c1-12(23)14-5-3-6-15(9-14)19-17(24)11-26-18-21-20-13(2)22(18)10-16-7-4-8-25-16/h3,5-6,9,16H,4,7-8,10-11H2,1-2H3,(H,19,24)/t16-/m0/s1. The first kappa shape index (κ1) is 18.6. The Hall–Kier alpha value is -2.19. The van der Waals surface area contributed by atoms with Crippen molar-refractivity contribution in [3.8, 4) is 0 Å². The van der Waals surface area contributed by atoms with Crippen molar-refractivity contribution in [2.75, 3.05) is 17.7 Å². The molecule has 1 saturated heterocycles. The minimum absolute atomic E-state index is 0.0341. The maximum absolute atomic E-state index is 12.2. The quantitative estimate of drug-likeness (QED) is 0.592. The average molecular weight is 374 g/mol. The maximum atomic E-state index is 12.2. The molecule has 1 atom stereocenters. The fraction of sp³-hybridized carbons (Fsp3) is 0.444. The lowest BCUT2D eigenvalue weighted by atomic mass is 10.1. The van der Waals surface area contributed by atoms with Crippen LogP contribution in [-0.4, -0.2) is 44.9 Å². The maximum Gasteiger partial charge on any atom is 0.234 e. The lowest BCUT2D eigenvalue weighted by molar-refractivity contribution is -0.113. The first-order chi connectivity index (χ1) is 12.5. The molecule has 0 aliphatic carbocycles.